The second-order valence-corrected chi connectivity index (χ2v) is 5.34. The standard InChI is InChI=1S/C14H13BrS/c1-16-13-9-7-12(8-10-13)14(15)11-5-3-2-4-6-11/h2-10,14H,1H3. The van der Waals surface area contributed by atoms with Gasteiger partial charge in [-0.2, -0.15) is 0 Å². The van der Waals surface area contributed by atoms with Gasteiger partial charge in [-0.3, -0.25) is 0 Å². The molecule has 0 heterocycles. The van der Waals surface area contributed by atoms with Crippen LogP contribution in [0.5, 0.6) is 0 Å². The molecular weight excluding hydrogens is 280 g/mol. The Morgan fingerprint density at radius 3 is 2.00 bits per heavy atom. The van der Waals surface area contributed by atoms with Gasteiger partial charge in [0.25, 0.3) is 0 Å². The van der Waals surface area contributed by atoms with E-state index in [0.29, 0.717) is 0 Å². The van der Waals surface area contributed by atoms with Gasteiger partial charge in [0.15, 0.2) is 0 Å². The van der Waals surface area contributed by atoms with Crippen LogP contribution >= 0.6 is 27.7 Å². The number of hydrogen-bond acceptors (Lipinski definition) is 1. The first kappa shape index (κ1) is 11.7. The van der Waals surface area contributed by atoms with E-state index in [1.54, 1.807) is 11.8 Å². The van der Waals surface area contributed by atoms with Crippen molar-refractivity contribution in [2.75, 3.05) is 6.26 Å². The molecule has 16 heavy (non-hydrogen) atoms. The summed E-state index contributed by atoms with van der Waals surface area (Å²) in [6, 6.07) is 19.1. The van der Waals surface area contributed by atoms with Gasteiger partial charge in [-0.05, 0) is 29.5 Å². The molecule has 1 atom stereocenters. The highest BCUT2D eigenvalue weighted by molar-refractivity contribution is 9.09. The minimum absolute atomic E-state index is 0.282. The van der Waals surface area contributed by atoms with Crippen LogP contribution in [0.2, 0.25) is 0 Å². The van der Waals surface area contributed by atoms with Crippen LogP contribution < -0.4 is 0 Å². The first-order chi connectivity index (χ1) is 7.81. The topological polar surface area (TPSA) is 0 Å². The summed E-state index contributed by atoms with van der Waals surface area (Å²) in [7, 11) is 0. The van der Waals surface area contributed by atoms with Crippen LogP contribution in [0.25, 0.3) is 0 Å². The minimum atomic E-state index is 0.282. The van der Waals surface area contributed by atoms with Gasteiger partial charge in [-0.25, -0.2) is 0 Å². The van der Waals surface area contributed by atoms with Crippen molar-refractivity contribution in [3.63, 3.8) is 0 Å². The van der Waals surface area contributed by atoms with Gasteiger partial charge in [0.05, 0.1) is 4.83 Å². The van der Waals surface area contributed by atoms with Crippen LogP contribution in [0.3, 0.4) is 0 Å². The van der Waals surface area contributed by atoms with Crippen LogP contribution in [-0.4, -0.2) is 6.26 Å². The Hall–Kier alpha value is -0.730. The molecule has 2 aromatic rings. The lowest BCUT2D eigenvalue weighted by molar-refractivity contribution is 1.17. The molecule has 0 aliphatic heterocycles. The fourth-order valence-electron chi connectivity index (χ4n) is 1.59. The molecule has 0 N–H and O–H groups in total. The average Bonchev–Trinajstić information content (AvgIpc) is 2.39. The van der Waals surface area contributed by atoms with Gasteiger partial charge in [0, 0.05) is 4.90 Å². The Kier molecular flexibility index (Phi) is 4.08. The number of alkyl halides is 1. The Morgan fingerprint density at radius 1 is 0.875 bits per heavy atom. The second-order valence-electron chi connectivity index (χ2n) is 3.55. The van der Waals surface area contributed by atoms with E-state index in [9.17, 15) is 0 Å². The van der Waals surface area contributed by atoms with Gasteiger partial charge < -0.3 is 0 Å². The molecule has 2 rings (SSSR count). The Morgan fingerprint density at radius 2 is 1.44 bits per heavy atom. The lowest BCUT2D eigenvalue weighted by Crippen LogP contribution is -1.91. The highest BCUT2D eigenvalue weighted by Gasteiger charge is 2.08. The zero-order chi connectivity index (χ0) is 11.4. The highest BCUT2D eigenvalue weighted by atomic mass is 79.9. The second kappa shape index (κ2) is 5.55. The lowest BCUT2D eigenvalue weighted by Gasteiger charge is -2.10. The summed E-state index contributed by atoms with van der Waals surface area (Å²) >= 11 is 5.50. The summed E-state index contributed by atoms with van der Waals surface area (Å²) in [6.45, 7) is 0. The third-order valence-electron chi connectivity index (χ3n) is 2.50. The molecular formula is C14H13BrS. The largest absolute Gasteiger partial charge is 0.130 e. The summed E-state index contributed by atoms with van der Waals surface area (Å²) in [5, 5.41) is 0. The first-order valence-electron chi connectivity index (χ1n) is 5.14. The normalized spacial score (nSPS) is 12.4. The molecule has 0 aliphatic rings. The van der Waals surface area contributed by atoms with Crippen molar-refractivity contribution < 1.29 is 0 Å². The molecule has 0 nitrogen and oxygen atoms in total. The van der Waals surface area contributed by atoms with Crippen molar-refractivity contribution in [1.82, 2.24) is 0 Å². The maximum absolute atomic E-state index is 3.73. The van der Waals surface area contributed by atoms with E-state index >= 15 is 0 Å². The third-order valence-corrected chi connectivity index (χ3v) is 4.30. The lowest BCUT2D eigenvalue weighted by atomic mass is 10.1. The molecule has 0 aliphatic carbocycles. The van der Waals surface area contributed by atoms with Crippen LogP contribution in [0, 0.1) is 0 Å². The summed E-state index contributed by atoms with van der Waals surface area (Å²) in [5.41, 5.74) is 2.59. The zero-order valence-corrected chi connectivity index (χ0v) is 11.5. The van der Waals surface area contributed by atoms with Crippen LogP contribution in [-0.2, 0) is 0 Å². The molecule has 82 valence electrons. The molecule has 0 amide bonds. The Balaban J connectivity index is 2.24. The quantitative estimate of drug-likeness (QED) is 0.573. The molecule has 0 fully saturated rings. The van der Waals surface area contributed by atoms with Crippen molar-refractivity contribution in [3.8, 4) is 0 Å². The highest BCUT2D eigenvalue weighted by Crippen LogP contribution is 2.31. The summed E-state index contributed by atoms with van der Waals surface area (Å²) in [6.07, 6.45) is 2.10. The van der Waals surface area contributed by atoms with E-state index < -0.39 is 0 Å². The van der Waals surface area contributed by atoms with Crippen LogP contribution in [0.4, 0.5) is 0 Å². The van der Waals surface area contributed by atoms with E-state index in [2.05, 4.69) is 70.7 Å². The van der Waals surface area contributed by atoms with E-state index in [1.807, 2.05) is 6.07 Å². The van der Waals surface area contributed by atoms with Gasteiger partial charge in [-0.15, -0.1) is 11.8 Å². The average molecular weight is 293 g/mol. The van der Waals surface area contributed by atoms with E-state index in [1.165, 1.54) is 16.0 Å². The fourth-order valence-corrected chi connectivity index (χ4v) is 2.61. The number of halogens is 1. The number of hydrogen-bond donors (Lipinski definition) is 0. The fraction of sp³-hybridized carbons (Fsp3) is 0.143. The van der Waals surface area contributed by atoms with E-state index in [-0.39, 0.29) is 4.83 Å². The SMILES string of the molecule is CSc1ccc(C(Br)c2ccccc2)cc1. The van der Waals surface area contributed by atoms with Gasteiger partial charge >= 0.3 is 0 Å². The van der Waals surface area contributed by atoms with Gasteiger partial charge in [-0.1, -0.05) is 58.4 Å². The smallest absolute Gasteiger partial charge is 0.0644 e. The molecule has 0 aromatic heterocycles. The predicted octanol–water partition coefficient (Wildman–Crippen LogP) is 4.89. The molecule has 0 bridgehead atoms. The molecule has 0 spiro atoms. The summed E-state index contributed by atoms with van der Waals surface area (Å²) < 4.78 is 0. The van der Waals surface area contributed by atoms with Crippen molar-refractivity contribution in [2.24, 2.45) is 0 Å². The van der Waals surface area contributed by atoms with Crippen molar-refractivity contribution in [3.05, 3.63) is 65.7 Å². The van der Waals surface area contributed by atoms with Gasteiger partial charge in [0.2, 0.25) is 0 Å². The van der Waals surface area contributed by atoms with E-state index in [4.69, 9.17) is 0 Å². The number of thioether (sulfide) groups is 1. The molecule has 0 radical (unpaired) electrons. The molecule has 0 saturated heterocycles. The number of rotatable bonds is 3. The first-order valence-corrected chi connectivity index (χ1v) is 7.28. The van der Waals surface area contributed by atoms with Gasteiger partial charge in [0.1, 0.15) is 0 Å². The number of benzene rings is 2. The van der Waals surface area contributed by atoms with Crippen molar-refractivity contribution >= 4 is 27.7 Å². The monoisotopic (exact) mass is 292 g/mol. The zero-order valence-electron chi connectivity index (χ0n) is 9.06. The Bertz CT molecular complexity index is 436. The third kappa shape index (κ3) is 2.69. The maximum atomic E-state index is 3.73. The molecule has 2 heteroatoms. The summed E-state index contributed by atoms with van der Waals surface area (Å²) in [5.74, 6) is 0. The van der Waals surface area contributed by atoms with Crippen LogP contribution in [0.15, 0.2) is 59.5 Å². The van der Waals surface area contributed by atoms with Crippen molar-refractivity contribution in [2.45, 2.75) is 9.72 Å². The van der Waals surface area contributed by atoms with Crippen LogP contribution in [0.1, 0.15) is 16.0 Å². The molecule has 2 aromatic carbocycles. The Labute approximate surface area is 109 Å². The van der Waals surface area contributed by atoms with E-state index in [0.717, 1.165) is 0 Å². The predicted molar refractivity (Wildman–Crippen MR) is 75.4 cm³/mol. The van der Waals surface area contributed by atoms with Crippen molar-refractivity contribution in [1.29, 1.82) is 0 Å². The maximum Gasteiger partial charge on any atom is 0.0644 e. The molecule has 1 unspecified atom stereocenters. The minimum Gasteiger partial charge on any atom is -0.130 e. The summed E-state index contributed by atoms with van der Waals surface area (Å²) in [4.78, 5) is 1.58. The molecule has 0 saturated carbocycles.